The SMILES string of the molecule is O=C(c1cc2c(s1)CCC(C(=O)N1CCCCC1)C2)N1CCCC1. The molecule has 3 aliphatic rings. The highest BCUT2D eigenvalue weighted by molar-refractivity contribution is 7.14. The zero-order valence-corrected chi connectivity index (χ0v) is 15.1. The summed E-state index contributed by atoms with van der Waals surface area (Å²) in [6.45, 7) is 3.67. The molecule has 0 saturated carbocycles. The molecule has 2 aliphatic heterocycles. The molecule has 2 saturated heterocycles. The fourth-order valence-electron chi connectivity index (χ4n) is 4.29. The monoisotopic (exact) mass is 346 g/mol. The summed E-state index contributed by atoms with van der Waals surface area (Å²) in [4.78, 5) is 31.6. The van der Waals surface area contributed by atoms with Crippen LogP contribution in [0.4, 0.5) is 0 Å². The minimum Gasteiger partial charge on any atom is -0.342 e. The highest BCUT2D eigenvalue weighted by atomic mass is 32.1. The van der Waals surface area contributed by atoms with Gasteiger partial charge in [-0.2, -0.15) is 0 Å². The van der Waals surface area contributed by atoms with Gasteiger partial charge in [-0.25, -0.2) is 0 Å². The van der Waals surface area contributed by atoms with Crippen LogP contribution in [0.1, 0.15) is 58.6 Å². The van der Waals surface area contributed by atoms with Crippen molar-refractivity contribution >= 4 is 23.2 Å². The molecule has 5 heteroatoms. The number of rotatable bonds is 2. The smallest absolute Gasteiger partial charge is 0.263 e. The van der Waals surface area contributed by atoms with E-state index < -0.39 is 0 Å². The van der Waals surface area contributed by atoms with E-state index in [-0.39, 0.29) is 11.8 Å². The lowest BCUT2D eigenvalue weighted by Crippen LogP contribution is -2.41. The Bertz CT molecular complexity index is 627. The minimum atomic E-state index is 0.125. The number of fused-ring (bicyclic) bond motifs is 1. The minimum absolute atomic E-state index is 0.125. The maximum Gasteiger partial charge on any atom is 0.263 e. The van der Waals surface area contributed by atoms with Gasteiger partial charge in [0.1, 0.15) is 0 Å². The molecular weight excluding hydrogens is 320 g/mol. The van der Waals surface area contributed by atoms with E-state index >= 15 is 0 Å². The molecule has 3 heterocycles. The molecule has 0 spiro atoms. The van der Waals surface area contributed by atoms with E-state index in [1.807, 2.05) is 4.90 Å². The third kappa shape index (κ3) is 3.10. The van der Waals surface area contributed by atoms with Crippen molar-refractivity contribution in [2.45, 2.75) is 51.4 Å². The third-order valence-electron chi connectivity index (χ3n) is 5.70. The number of nitrogens with zero attached hydrogens (tertiary/aromatic N) is 2. The van der Waals surface area contributed by atoms with Crippen molar-refractivity contribution in [3.05, 3.63) is 21.4 Å². The highest BCUT2D eigenvalue weighted by Crippen LogP contribution is 2.34. The largest absolute Gasteiger partial charge is 0.342 e. The van der Waals surface area contributed by atoms with Gasteiger partial charge < -0.3 is 9.80 Å². The number of hydrogen-bond donors (Lipinski definition) is 0. The van der Waals surface area contributed by atoms with E-state index in [0.717, 1.165) is 76.0 Å². The van der Waals surface area contributed by atoms with Crippen molar-refractivity contribution in [3.8, 4) is 0 Å². The molecule has 2 amide bonds. The molecule has 4 nitrogen and oxygen atoms in total. The van der Waals surface area contributed by atoms with Gasteiger partial charge in [0.25, 0.3) is 5.91 Å². The summed E-state index contributed by atoms with van der Waals surface area (Å²) in [5, 5.41) is 0. The molecule has 0 N–H and O–H groups in total. The molecule has 1 aliphatic carbocycles. The van der Waals surface area contributed by atoms with Gasteiger partial charge >= 0.3 is 0 Å². The molecule has 1 unspecified atom stereocenters. The van der Waals surface area contributed by atoms with Crippen molar-refractivity contribution in [2.24, 2.45) is 5.92 Å². The molecular formula is C19H26N2O2S. The van der Waals surface area contributed by atoms with Crippen LogP contribution in [0.2, 0.25) is 0 Å². The predicted octanol–water partition coefficient (Wildman–Crippen LogP) is 3.10. The second-order valence-corrected chi connectivity index (χ2v) is 8.52. The number of hydrogen-bond acceptors (Lipinski definition) is 3. The van der Waals surface area contributed by atoms with Crippen molar-refractivity contribution in [2.75, 3.05) is 26.2 Å². The number of thiophene rings is 1. The summed E-state index contributed by atoms with van der Waals surface area (Å²) < 4.78 is 0. The van der Waals surface area contributed by atoms with E-state index in [9.17, 15) is 9.59 Å². The second kappa shape index (κ2) is 6.87. The lowest BCUT2D eigenvalue weighted by Gasteiger charge is -2.31. The summed E-state index contributed by atoms with van der Waals surface area (Å²) in [5.74, 6) is 0.671. The molecule has 1 aromatic heterocycles. The van der Waals surface area contributed by atoms with Gasteiger partial charge in [-0.1, -0.05) is 0 Å². The number of piperidine rings is 1. The topological polar surface area (TPSA) is 40.6 Å². The van der Waals surface area contributed by atoms with Crippen molar-refractivity contribution in [3.63, 3.8) is 0 Å². The Morgan fingerprint density at radius 2 is 1.62 bits per heavy atom. The van der Waals surface area contributed by atoms with Crippen LogP contribution in [-0.2, 0) is 17.6 Å². The zero-order valence-electron chi connectivity index (χ0n) is 14.3. The van der Waals surface area contributed by atoms with Gasteiger partial charge in [-0.15, -0.1) is 11.3 Å². The first-order valence-corrected chi connectivity index (χ1v) is 10.2. The number of carbonyl (C=O) groups excluding carboxylic acids is 2. The molecule has 0 aromatic carbocycles. The molecule has 24 heavy (non-hydrogen) atoms. The van der Waals surface area contributed by atoms with Crippen LogP contribution in [0.5, 0.6) is 0 Å². The molecule has 0 bridgehead atoms. The normalized spacial score (nSPS) is 24.1. The standard InChI is InChI=1S/C19H26N2O2S/c22-18(20-8-2-1-3-9-20)14-6-7-16-15(12-14)13-17(24-16)19(23)21-10-4-5-11-21/h13-14H,1-12H2. The zero-order chi connectivity index (χ0) is 16.5. The second-order valence-electron chi connectivity index (χ2n) is 7.38. The maximum absolute atomic E-state index is 12.8. The average molecular weight is 346 g/mol. The third-order valence-corrected chi connectivity index (χ3v) is 6.93. The first-order valence-electron chi connectivity index (χ1n) is 9.42. The lowest BCUT2D eigenvalue weighted by molar-refractivity contribution is -0.136. The van der Waals surface area contributed by atoms with Crippen molar-refractivity contribution in [1.82, 2.24) is 9.80 Å². The van der Waals surface area contributed by atoms with Gasteiger partial charge in [0.15, 0.2) is 0 Å². The van der Waals surface area contributed by atoms with Gasteiger partial charge in [-0.3, -0.25) is 9.59 Å². The first kappa shape index (κ1) is 16.1. The Morgan fingerprint density at radius 3 is 2.38 bits per heavy atom. The van der Waals surface area contributed by atoms with E-state index in [1.165, 1.54) is 16.9 Å². The van der Waals surface area contributed by atoms with Crippen LogP contribution < -0.4 is 0 Å². The van der Waals surface area contributed by atoms with Crippen LogP contribution in [0.25, 0.3) is 0 Å². The number of likely N-dealkylation sites (tertiary alicyclic amines) is 2. The Kier molecular flexibility index (Phi) is 4.61. The molecule has 130 valence electrons. The maximum atomic E-state index is 12.8. The molecule has 1 aromatic rings. The van der Waals surface area contributed by atoms with Crippen molar-refractivity contribution < 1.29 is 9.59 Å². The van der Waals surface area contributed by atoms with Crippen molar-refractivity contribution in [1.29, 1.82) is 0 Å². The van der Waals surface area contributed by atoms with Crippen LogP contribution in [0, 0.1) is 5.92 Å². The number of amides is 2. The lowest BCUT2D eigenvalue weighted by atomic mass is 9.87. The van der Waals surface area contributed by atoms with Crippen LogP contribution in [0.15, 0.2) is 6.07 Å². The Hall–Kier alpha value is -1.36. The van der Waals surface area contributed by atoms with E-state index in [0.29, 0.717) is 5.91 Å². The average Bonchev–Trinajstić information content (AvgIpc) is 3.30. The number of aryl methyl sites for hydroxylation is 1. The molecule has 2 fully saturated rings. The first-order chi connectivity index (χ1) is 11.7. The van der Waals surface area contributed by atoms with Gasteiger partial charge in [-0.05, 0) is 63.0 Å². The quantitative estimate of drug-likeness (QED) is 0.826. The molecule has 4 rings (SSSR count). The summed E-state index contributed by atoms with van der Waals surface area (Å²) in [6.07, 6.45) is 8.54. The highest BCUT2D eigenvalue weighted by Gasteiger charge is 2.31. The van der Waals surface area contributed by atoms with Crippen LogP contribution in [-0.4, -0.2) is 47.8 Å². The van der Waals surface area contributed by atoms with Crippen LogP contribution >= 0.6 is 11.3 Å². The summed E-state index contributed by atoms with van der Waals surface area (Å²) in [5.41, 5.74) is 1.25. The molecule has 0 radical (unpaired) electrons. The summed E-state index contributed by atoms with van der Waals surface area (Å²) in [6, 6.07) is 2.08. The van der Waals surface area contributed by atoms with Crippen LogP contribution in [0.3, 0.4) is 0 Å². The van der Waals surface area contributed by atoms with Gasteiger partial charge in [0.05, 0.1) is 4.88 Å². The van der Waals surface area contributed by atoms with E-state index in [1.54, 1.807) is 11.3 Å². The summed E-state index contributed by atoms with van der Waals surface area (Å²) >= 11 is 1.66. The van der Waals surface area contributed by atoms with E-state index in [4.69, 9.17) is 0 Å². The summed E-state index contributed by atoms with van der Waals surface area (Å²) in [7, 11) is 0. The Balaban J connectivity index is 1.45. The predicted molar refractivity (Wildman–Crippen MR) is 95.4 cm³/mol. The number of carbonyl (C=O) groups is 2. The van der Waals surface area contributed by atoms with E-state index in [2.05, 4.69) is 11.0 Å². The Labute approximate surface area is 147 Å². The Morgan fingerprint density at radius 1 is 0.958 bits per heavy atom. The van der Waals surface area contributed by atoms with Gasteiger partial charge in [0, 0.05) is 37.0 Å². The van der Waals surface area contributed by atoms with Gasteiger partial charge in [0.2, 0.25) is 5.91 Å². The molecule has 1 atom stereocenters. The fourth-order valence-corrected chi connectivity index (χ4v) is 5.46. The fraction of sp³-hybridized carbons (Fsp3) is 0.684.